The molecule has 1 unspecified atom stereocenters. The molecule has 0 radical (unpaired) electrons. The van der Waals surface area contributed by atoms with E-state index in [-0.39, 0.29) is 12.0 Å². The first kappa shape index (κ1) is 14.4. The van der Waals surface area contributed by atoms with Crippen molar-refractivity contribution in [3.63, 3.8) is 0 Å². The summed E-state index contributed by atoms with van der Waals surface area (Å²) in [5, 5.41) is 2.93. The van der Waals surface area contributed by atoms with Crippen LogP contribution in [0.1, 0.15) is 25.0 Å². The maximum absolute atomic E-state index is 11.9. The molecule has 0 fully saturated rings. The zero-order valence-electron chi connectivity index (χ0n) is 11.4. The van der Waals surface area contributed by atoms with E-state index in [0.29, 0.717) is 19.0 Å². The van der Waals surface area contributed by atoms with Gasteiger partial charge >= 0.3 is 0 Å². The summed E-state index contributed by atoms with van der Waals surface area (Å²) in [5.41, 5.74) is 2.02. The Morgan fingerprint density at radius 3 is 2.79 bits per heavy atom. The fraction of sp³-hybridized carbons (Fsp3) is 0.533. The van der Waals surface area contributed by atoms with E-state index < -0.39 is 5.41 Å². The quantitative estimate of drug-likeness (QED) is 0.861. The Bertz CT molecular complexity index is 459. The zero-order chi connectivity index (χ0) is 13.9. The molecule has 1 aliphatic rings. The summed E-state index contributed by atoms with van der Waals surface area (Å²) in [6, 6.07) is 8.26. The topological polar surface area (TPSA) is 38.3 Å². The van der Waals surface area contributed by atoms with Gasteiger partial charge in [-0.2, -0.15) is 0 Å². The standard InChI is InChI=1S/C15H20ClNO2/c1-15(2,10-16)14(18)17-8-13-7-11-5-3-4-6-12(11)9-19-13/h3-6,13H,7-10H2,1-2H3,(H,17,18). The number of benzene rings is 1. The Morgan fingerprint density at radius 2 is 2.11 bits per heavy atom. The molecule has 1 heterocycles. The Labute approximate surface area is 119 Å². The van der Waals surface area contributed by atoms with Gasteiger partial charge in [0, 0.05) is 18.8 Å². The van der Waals surface area contributed by atoms with Crippen molar-refractivity contribution in [2.45, 2.75) is 33.0 Å². The molecule has 0 bridgehead atoms. The highest BCUT2D eigenvalue weighted by Crippen LogP contribution is 2.21. The summed E-state index contributed by atoms with van der Waals surface area (Å²) in [6.45, 7) is 4.84. The summed E-state index contributed by atoms with van der Waals surface area (Å²) >= 11 is 5.78. The Kier molecular flexibility index (Phi) is 4.48. The number of nitrogens with one attached hydrogen (secondary N) is 1. The molecule has 3 nitrogen and oxygen atoms in total. The fourth-order valence-electron chi connectivity index (χ4n) is 2.05. The number of carbonyl (C=O) groups is 1. The third kappa shape index (κ3) is 3.48. The Hall–Kier alpha value is -1.06. The van der Waals surface area contributed by atoms with Crippen molar-refractivity contribution in [1.29, 1.82) is 0 Å². The first-order valence-corrected chi connectivity index (χ1v) is 7.09. The van der Waals surface area contributed by atoms with Gasteiger partial charge in [-0.05, 0) is 25.0 Å². The van der Waals surface area contributed by atoms with Crippen LogP contribution in [0, 0.1) is 5.41 Å². The van der Waals surface area contributed by atoms with Gasteiger partial charge in [0.05, 0.1) is 18.1 Å². The molecule has 0 aromatic heterocycles. The van der Waals surface area contributed by atoms with Crippen LogP contribution in [-0.2, 0) is 22.6 Å². The van der Waals surface area contributed by atoms with E-state index in [9.17, 15) is 4.79 Å². The van der Waals surface area contributed by atoms with Gasteiger partial charge < -0.3 is 10.1 Å². The summed E-state index contributed by atoms with van der Waals surface area (Å²) in [7, 11) is 0. The van der Waals surface area contributed by atoms with Crippen molar-refractivity contribution in [2.75, 3.05) is 12.4 Å². The monoisotopic (exact) mass is 281 g/mol. The normalized spacial score (nSPS) is 18.8. The number of carbonyl (C=O) groups excluding carboxylic acids is 1. The van der Waals surface area contributed by atoms with Crippen molar-refractivity contribution >= 4 is 17.5 Å². The highest BCUT2D eigenvalue weighted by atomic mass is 35.5. The number of halogens is 1. The zero-order valence-corrected chi connectivity index (χ0v) is 12.2. The molecule has 1 amide bonds. The van der Waals surface area contributed by atoms with Gasteiger partial charge in [-0.3, -0.25) is 4.79 Å². The molecule has 1 aromatic rings. The second-order valence-corrected chi connectivity index (χ2v) is 5.90. The molecular formula is C15H20ClNO2. The number of rotatable bonds is 4. The van der Waals surface area contributed by atoms with E-state index >= 15 is 0 Å². The average molecular weight is 282 g/mol. The van der Waals surface area contributed by atoms with E-state index in [4.69, 9.17) is 16.3 Å². The van der Waals surface area contributed by atoms with Crippen molar-refractivity contribution in [3.8, 4) is 0 Å². The average Bonchev–Trinajstić information content (AvgIpc) is 2.44. The number of ether oxygens (including phenoxy) is 1. The number of hydrogen-bond acceptors (Lipinski definition) is 2. The Morgan fingerprint density at radius 1 is 1.42 bits per heavy atom. The van der Waals surface area contributed by atoms with Gasteiger partial charge in [0.25, 0.3) is 0 Å². The van der Waals surface area contributed by atoms with Gasteiger partial charge in [-0.25, -0.2) is 0 Å². The summed E-state index contributed by atoms with van der Waals surface area (Å²) < 4.78 is 5.75. The molecule has 2 rings (SSSR count). The van der Waals surface area contributed by atoms with Crippen LogP contribution in [0.5, 0.6) is 0 Å². The minimum Gasteiger partial charge on any atom is -0.371 e. The van der Waals surface area contributed by atoms with Gasteiger partial charge in [0.2, 0.25) is 5.91 Å². The van der Waals surface area contributed by atoms with E-state index in [1.54, 1.807) is 0 Å². The largest absolute Gasteiger partial charge is 0.371 e. The minimum absolute atomic E-state index is 0.0232. The van der Waals surface area contributed by atoms with Crippen molar-refractivity contribution in [1.82, 2.24) is 5.32 Å². The van der Waals surface area contributed by atoms with Crippen LogP contribution in [0.15, 0.2) is 24.3 Å². The van der Waals surface area contributed by atoms with E-state index in [0.717, 1.165) is 6.42 Å². The molecule has 0 aliphatic carbocycles. The predicted molar refractivity (Wildman–Crippen MR) is 76.2 cm³/mol. The molecule has 1 aliphatic heterocycles. The second kappa shape index (κ2) is 5.93. The molecule has 4 heteroatoms. The van der Waals surface area contributed by atoms with E-state index in [1.807, 2.05) is 26.0 Å². The van der Waals surface area contributed by atoms with E-state index in [2.05, 4.69) is 17.4 Å². The van der Waals surface area contributed by atoms with Gasteiger partial charge in [-0.1, -0.05) is 24.3 Å². The second-order valence-electron chi connectivity index (χ2n) is 5.63. The van der Waals surface area contributed by atoms with Crippen LogP contribution in [0.3, 0.4) is 0 Å². The van der Waals surface area contributed by atoms with Crippen LogP contribution >= 0.6 is 11.6 Å². The molecule has 0 spiro atoms. The fourth-order valence-corrected chi connectivity index (χ4v) is 2.17. The van der Waals surface area contributed by atoms with Crippen LogP contribution in [0.25, 0.3) is 0 Å². The summed E-state index contributed by atoms with van der Waals surface area (Å²) in [5.74, 6) is 0.290. The first-order valence-electron chi connectivity index (χ1n) is 6.55. The molecule has 0 saturated heterocycles. The lowest BCUT2D eigenvalue weighted by atomic mass is 9.94. The predicted octanol–water partition coefficient (Wildman–Crippen LogP) is 2.51. The summed E-state index contributed by atoms with van der Waals surface area (Å²) in [4.78, 5) is 11.9. The molecule has 19 heavy (non-hydrogen) atoms. The van der Waals surface area contributed by atoms with Crippen molar-refractivity contribution < 1.29 is 9.53 Å². The number of hydrogen-bond donors (Lipinski definition) is 1. The molecule has 0 saturated carbocycles. The van der Waals surface area contributed by atoms with E-state index in [1.165, 1.54) is 11.1 Å². The minimum atomic E-state index is -0.534. The maximum atomic E-state index is 11.9. The lowest BCUT2D eigenvalue weighted by Gasteiger charge is -2.27. The van der Waals surface area contributed by atoms with Crippen LogP contribution < -0.4 is 5.32 Å². The molecule has 104 valence electrons. The molecule has 1 aromatic carbocycles. The number of alkyl halides is 1. The number of fused-ring (bicyclic) bond motifs is 1. The summed E-state index contributed by atoms with van der Waals surface area (Å²) in [6.07, 6.45) is 0.891. The van der Waals surface area contributed by atoms with Crippen molar-refractivity contribution in [2.24, 2.45) is 5.41 Å². The lowest BCUT2D eigenvalue weighted by molar-refractivity contribution is -0.129. The van der Waals surface area contributed by atoms with Gasteiger partial charge in [0.15, 0.2) is 0 Å². The highest BCUT2D eigenvalue weighted by molar-refractivity contribution is 6.19. The molecule has 1 atom stereocenters. The first-order chi connectivity index (χ1) is 9.03. The smallest absolute Gasteiger partial charge is 0.226 e. The van der Waals surface area contributed by atoms with Crippen LogP contribution in [-0.4, -0.2) is 24.4 Å². The SMILES string of the molecule is CC(C)(CCl)C(=O)NCC1Cc2ccccc2CO1. The van der Waals surface area contributed by atoms with Crippen molar-refractivity contribution in [3.05, 3.63) is 35.4 Å². The molecular weight excluding hydrogens is 262 g/mol. The van der Waals surface area contributed by atoms with Crippen LogP contribution in [0.2, 0.25) is 0 Å². The lowest BCUT2D eigenvalue weighted by Crippen LogP contribution is -2.43. The third-order valence-electron chi connectivity index (χ3n) is 3.48. The highest BCUT2D eigenvalue weighted by Gasteiger charge is 2.27. The maximum Gasteiger partial charge on any atom is 0.226 e. The third-order valence-corrected chi connectivity index (χ3v) is 4.15. The van der Waals surface area contributed by atoms with Gasteiger partial charge in [0.1, 0.15) is 0 Å². The van der Waals surface area contributed by atoms with Gasteiger partial charge in [-0.15, -0.1) is 11.6 Å². The molecule has 1 N–H and O–H groups in total. The number of amides is 1. The van der Waals surface area contributed by atoms with Crippen LogP contribution in [0.4, 0.5) is 0 Å². The Balaban J connectivity index is 1.88.